The molecular weight excluding hydrogens is 290 g/mol. The average Bonchev–Trinajstić information content (AvgIpc) is 2.51. The maximum absolute atomic E-state index is 5.97. The minimum absolute atomic E-state index is 0.289. The number of benzene rings is 1. The molecule has 0 amide bonds. The van der Waals surface area contributed by atoms with Crippen molar-refractivity contribution < 1.29 is 9.47 Å². The molecule has 0 unspecified atom stereocenters. The summed E-state index contributed by atoms with van der Waals surface area (Å²) in [5, 5.41) is 3.51. The average molecular weight is 308 g/mol. The Morgan fingerprint density at radius 3 is 2.67 bits per heavy atom. The van der Waals surface area contributed by atoms with E-state index in [2.05, 4.69) is 27.4 Å². The smallest absolute Gasteiger partial charge is 0.198 e. The molecule has 1 aromatic carbocycles. The van der Waals surface area contributed by atoms with Gasteiger partial charge in [0, 0.05) is 13.2 Å². The molecule has 21 heavy (non-hydrogen) atoms. The number of hydrogen-bond donors (Lipinski definition) is 1. The van der Waals surface area contributed by atoms with Crippen LogP contribution in [0.3, 0.4) is 0 Å². The van der Waals surface area contributed by atoms with E-state index in [0.717, 1.165) is 11.1 Å². The van der Waals surface area contributed by atoms with Gasteiger partial charge >= 0.3 is 0 Å². The Kier molecular flexibility index (Phi) is 5.78. The van der Waals surface area contributed by atoms with E-state index < -0.39 is 0 Å². The first-order chi connectivity index (χ1) is 10.3. The molecule has 2 aromatic rings. The van der Waals surface area contributed by atoms with Crippen molar-refractivity contribution >= 4 is 17.4 Å². The molecule has 0 aliphatic carbocycles. The van der Waals surface area contributed by atoms with E-state index in [4.69, 9.17) is 21.1 Å². The molecule has 0 atom stereocenters. The molecule has 0 saturated heterocycles. The van der Waals surface area contributed by atoms with Crippen molar-refractivity contribution in [1.82, 2.24) is 9.97 Å². The van der Waals surface area contributed by atoms with Crippen LogP contribution in [-0.2, 0) is 17.9 Å². The maximum atomic E-state index is 5.97. The van der Waals surface area contributed by atoms with Crippen LogP contribution in [0.15, 0.2) is 30.6 Å². The van der Waals surface area contributed by atoms with Gasteiger partial charge in [-0.1, -0.05) is 35.9 Å². The Labute approximate surface area is 129 Å². The molecular formula is C15H18ClN3O2. The molecule has 6 heteroatoms. The van der Waals surface area contributed by atoms with Gasteiger partial charge < -0.3 is 14.8 Å². The molecule has 112 valence electrons. The fourth-order valence-corrected chi connectivity index (χ4v) is 2.13. The summed E-state index contributed by atoms with van der Waals surface area (Å²) < 4.78 is 10.7. The van der Waals surface area contributed by atoms with Gasteiger partial charge in [0.05, 0.1) is 13.7 Å². The van der Waals surface area contributed by atoms with Crippen LogP contribution in [0.1, 0.15) is 18.1 Å². The fraction of sp³-hybridized carbons (Fsp3) is 0.333. The molecule has 1 N–H and O–H groups in total. The largest absolute Gasteiger partial charge is 0.490 e. The third-order valence-corrected chi connectivity index (χ3v) is 3.26. The van der Waals surface area contributed by atoms with Crippen LogP contribution >= 0.6 is 11.6 Å². The summed E-state index contributed by atoms with van der Waals surface area (Å²) >= 11 is 5.97. The van der Waals surface area contributed by atoms with Crippen molar-refractivity contribution in [1.29, 1.82) is 0 Å². The molecule has 0 fully saturated rings. The number of ether oxygens (including phenoxy) is 2. The number of halogens is 1. The predicted octanol–water partition coefficient (Wildman–Crippen LogP) is 3.29. The van der Waals surface area contributed by atoms with Gasteiger partial charge in [0.15, 0.2) is 16.7 Å². The second kappa shape index (κ2) is 7.81. The van der Waals surface area contributed by atoms with E-state index in [1.807, 2.05) is 19.1 Å². The van der Waals surface area contributed by atoms with Crippen LogP contribution in [0.2, 0.25) is 5.15 Å². The minimum Gasteiger partial charge on any atom is -0.490 e. The topological polar surface area (TPSA) is 56.3 Å². The van der Waals surface area contributed by atoms with Crippen molar-refractivity contribution in [2.24, 2.45) is 0 Å². The molecule has 1 aromatic heterocycles. The van der Waals surface area contributed by atoms with Crippen molar-refractivity contribution in [2.75, 3.05) is 19.0 Å². The highest BCUT2D eigenvalue weighted by Gasteiger charge is 2.10. The van der Waals surface area contributed by atoms with Crippen LogP contribution in [0.25, 0.3) is 0 Å². The molecule has 0 aliphatic heterocycles. The van der Waals surface area contributed by atoms with Gasteiger partial charge in [0.2, 0.25) is 0 Å². The summed E-state index contributed by atoms with van der Waals surface area (Å²) in [6.07, 6.45) is 1.40. The maximum Gasteiger partial charge on any atom is 0.198 e. The highest BCUT2D eigenvalue weighted by Crippen LogP contribution is 2.28. The van der Waals surface area contributed by atoms with Gasteiger partial charge in [0.1, 0.15) is 6.33 Å². The quantitative estimate of drug-likeness (QED) is 0.796. The Hall–Kier alpha value is -1.85. The molecule has 1 heterocycles. The van der Waals surface area contributed by atoms with Crippen molar-refractivity contribution in [3.8, 4) is 5.75 Å². The number of hydrogen-bond acceptors (Lipinski definition) is 5. The zero-order valence-electron chi connectivity index (χ0n) is 12.1. The first kappa shape index (κ1) is 15.5. The predicted molar refractivity (Wildman–Crippen MR) is 82.7 cm³/mol. The molecule has 0 aliphatic rings. The van der Waals surface area contributed by atoms with Crippen molar-refractivity contribution in [3.05, 3.63) is 46.9 Å². The van der Waals surface area contributed by atoms with E-state index in [9.17, 15) is 0 Å². The Bertz CT molecular complexity index is 593. The van der Waals surface area contributed by atoms with Gasteiger partial charge in [-0.2, -0.15) is 0 Å². The second-order valence-electron chi connectivity index (χ2n) is 4.31. The van der Waals surface area contributed by atoms with Crippen LogP contribution < -0.4 is 10.1 Å². The fourth-order valence-electron chi connectivity index (χ4n) is 1.92. The lowest BCUT2D eigenvalue weighted by atomic mass is 10.1. The lowest BCUT2D eigenvalue weighted by molar-refractivity contribution is 0.133. The molecule has 0 radical (unpaired) electrons. The standard InChI is InChI=1S/C15H18ClN3O2/c1-3-21-9-12-7-5-4-6-11(12)8-17-15-13(20-2)14(16)18-10-19-15/h4-7,10H,3,8-9H2,1-2H3,(H,17,18,19). The van der Waals surface area contributed by atoms with Gasteiger partial charge in [-0.15, -0.1) is 0 Å². The summed E-state index contributed by atoms with van der Waals surface area (Å²) in [5.74, 6) is 1.02. The number of nitrogens with one attached hydrogen (secondary N) is 1. The Morgan fingerprint density at radius 2 is 1.95 bits per heavy atom. The lowest BCUT2D eigenvalue weighted by Gasteiger charge is -2.13. The molecule has 2 rings (SSSR count). The van der Waals surface area contributed by atoms with Crippen LogP contribution in [-0.4, -0.2) is 23.7 Å². The third-order valence-electron chi connectivity index (χ3n) is 2.99. The summed E-state index contributed by atoms with van der Waals surface area (Å²) in [6.45, 7) is 3.87. The van der Waals surface area contributed by atoms with Crippen molar-refractivity contribution in [3.63, 3.8) is 0 Å². The number of aromatic nitrogens is 2. The van der Waals surface area contributed by atoms with Gasteiger partial charge in [0.25, 0.3) is 0 Å². The monoisotopic (exact) mass is 307 g/mol. The van der Waals surface area contributed by atoms with E-state index >= 15 is 0 Å². The van der Waals surface area contributed by atoms with E-state index in [1.165, 1.54) is 6.33 Å². The van der Waals surface area contributed by atoms with Gasteiger partial charge in [-0.05, 0) is 18.1 Å². The second-order valence-corrected chi connectivity index (χ2v) is 4.66. The number of methoxy groups -OCH3 is 1. The zero-order valence-corrected chi connectivity index (χ0v) is 12.9. The van der Waals surface area contributed by atoms with Gasteiger partial charge in [-0.25, -0.2) is 9.97 Å². The molecule has 0 spiro atoms. The number of nitrogens with zero attached hydrogens (tertiary/aromatic N) is 2. The van der Waals surface area contributed by atoms with E-state index in [0.29, 0.717) is 31.3 Å². The van der Waals surface area contributed by atoms with Crippen LogP contribution in [0, 0.1) is 0 Å². The lowest BCUT2D eigenvalue weighted by Crippen LogP contribution is -2.07. The van der Waals surface area contributed by atoms with Crippen LogP contribution in [0.5, 0.6) is 5.75 Å². The van der Waals surface area contributed by atoms with Crippen LogP contribution in [0.4, 0.5) is 5.82 Å². The van der Waals surface area contributed by atoms with E-state index in [-0.39, 0.29) is 5.15 Å². The number of rotatable bonds is 7. The molecule has 0 bridgehead atoms. The highest BCUT2D eigenvalue weighted by molar-refractivity contribution is 6.31. The molecule has 5 nitrogen and oxygen atoms in total. The summed E-state index contributed by atoms with van der Waals surface area (Å²) in [4.78, 5) is 8.05. The first-order valence-electron chi connectivity index (χ1n) is 6.69. The number of anilines is 1. The minimum atomic E-state index is 0.289. The summed E-state index contributed by atoms with van der Waals surface area (Å²) in [7, 11) is 1.54. The molecule has 0 saturated carbocycles. The van der Waals surface area contributed by atoms with E-state index in [1.54, 1.807) is 7.11 Å². The Morgan fingerprint density at radius 1 is 1.19 bits per heavy atom. The van der Waals surface area contributed by atoms with Gasteiger partial charge in [-0.3, -0.25) is 0 Å². The third kappa shape index (κ3) is 4.06. The van der Waals surface area contributed by atoms with Crippen molar-refractivity contribution in [2.45, 2.75) is 20.1 Å². The first-order valence-corrected chi connectivity index (χ1v) is 7.07. The summed E-state index contributed by atoms with van der Waals surface area (Å²) in [6, 6.07) is 8.10. The zero-order chi connectivity index (χ0) is 15.1. The summed E-state index contributed by atoms with van der Waals surface area (Å²) in [5.41, 5.74) is 2.29. The SMILES string of the molecule is CCOCc1ccccc1CNc1ncnc(Cl)c1OC. The normalized spacial score (nSPS) is 10.4. The highest BCUT2D eigenvalue weighted by atomic mass is 35.5. The Balaban J connectivity index is 2.11.